The van der Waals surface area contributed by atoms with Crippen molar-refractivity contribution in [3.05, 3.63) is 58.4 Å². The quantitative estimate of drug-likeness (QED) is 0.721. The lowest BCUT2D eigenvalue weighted by Crippen LogP contribution is -1.98. The standard InChI is InChI=1S/C15H12ClNOS/c16-13-7-10(1-3-14(13)18)9-17-12-2-4-15-11(8-12)5-6-19-15/h1-8,17-18H,9H2. The lowest BCUT2D eigenvalue weighted by atomic mass is 10.2. The van der Waals surface area contributed by atoms with Crippen molar-refractivity contribution in [1.29, 1.82) is 0 Å². The molecule has 2 nitrogen and oxygen atoms in total. The molecule has 0 aliphatic carbocycles. The first-order chi connectivity index (χ1) is 9.22. The molecule has 4 heteroatoms. The van der Waals surface area contributed by atoms with E-state index in [-0.39, 0.29) is 5.75 Å². The molecule has 0 radical (unpaired) electrons. The highest BCUT2D eigenvalue weighted by molar-refractivity contribution is 7.17. The monoisotopic (exact) mass is 289 g/mol. The Morgan fingerprint density at radius 2 is 2.00 bits per heavy atom. The molecule has 0 aliphatic rings. The van der Waals surface area contributed by atoms with Crippen LogP contribution in [0.1, 0.15) is 5.56 Å². The van der Waals surface area contributed by atoms with Crippen LogP contribution in [0, 0.1) is 0 Å². The summed E-state index contributed by atoms with van der Waals surface area (Å²) in [5.74, 6) is 0.116. The predicted octanol–water partition coefficient (Wildman–Crippen LogP) is 4.87. The molecule has 0 saturated carbocycles. The van der Waals surface area contributed by atoms with E-state index < -0.39 is 0 Å². The topological polar surface area (TPSA) is 32.3 Å². The molecule has 1 aromatic heterocycles. The number of nitrogens with one attached hydrogen (secondary N) is 1. The normalized spacial score (nSPS) is 10.8. The number of anilines is 1. The number of hydrogen-bond acceptors (Lipinski definition) is 3. The third-order valence-corrected chi connectivity index (χ3v) is 4.16. The number of phenolic OH excluding ortho intramolecular Hbond substituents is 1. The second kappa shape index (κ2) is 5.11. The summed E-state index contributed by atoms with van der Waals surface area (Å²) in [4.78, 5) is 0. The first-order valence-corrected chi connectivity index (χ1v) is 7.17. The van der Waals surface area contributed by atoms with Crippen LogP contribution < -0.4 is 5.32 Å². The minimum absolute atomic E-state index is 0.116. The molecule has 0 saturated heterocycles. The zero-order chi connectivity index (χ0) is 13.2. The van der Waals surface area contributed by atoms with Crippen LogP contribution in [-0.2, 0) is 6.54 Å². The van der Waals surface area contributed by atoms with Gasteiger partial charge in [0.2, 0.25) is 0 Å². The van der Waals surface area contributed by atoms with E-state index in [9.17, 15) is 5.11 Å². The van der Waals surface area contributed by atoms with E-state index in [1.807, 2.05) is 6.07 Å². The Morgan fingerprint density at radius 3 is 2.84 bits per heavy atom. The fourth-order valence-corrected chi connectivity index (χ4v) is 2.92. The molecule has 0 fully saturated rings. The molecule has 3 rings (SSSR count). The highest BCUT2D eigenvalue weighted by Crippen LogP contribution is 2.26. The van der Waals surface area contributed by atoms with Crippen LogP contribution in [0.5, 0.6) is 5.75 Å². The molecule has 0 aliphatic heterocycles. The average Bonchev–Trinajstić information content (AvgIpc) is 2.87. The summed E-state index contributed by atoms with van der Waals surface area (Å²) in [5.41, 5.74) is 2.11. The Labute approximate surface area is 120 Å². The number of phenols is 1. The van der Waals surface area contributed by atoms with Gasteiger partial charge in [-0.05, 0) is 52.7 Å². The average molecular weight is 290 g/mol. The fourth-order valence-electron chi connectivity index (χ4n) is 1.94. The summed E-state index contributed by atoms with van der Waals surface area (Å²) < 4.78 is 1.29. The largest absolute Gasteiger partial charge is 0.506 e. The first kappa shape index (κ1) is 12.3. The Kier molecular flexibility index (Phi) is 3.32. The maximum atomic E-state index is 9.37. The number of thiophene rings is 1. The first-order valence-electron chi connectivity index (χ1n) is 5.91. The van der Waals surface area contributed by atoms with E-state index in [1.165, 1.54) is 10.1 Å². The molecule has 0 amide bonds. The van der Waals surface area contributed by atoms with Gasteiger partial charge in [-0.15, -0.1) is 11.3 Å². The van der Waals surface area contributed by atoms with Gasteiger partial charge in [-0.2, -0.15) is 0 Å². The van der Waals surface area contributed by atoms with Gasteiger partial charge in [0.1, 0.15) is 5.75 Å². The molecular weight excluding hydrogens is 278 g/mol. The highest BCUT2D eigenvalue weighted by atomic mass is 35.5. The van der Waals surface area contributed by atoms with Gasteiger partial charge in [0, 0.05) is 16.9 Å². The van der Waals surface area contributed by atoms with Gasteiger partial charge in [0.25, 0.3) is 0 Å². The zero-order valence-corrected chi connectivity index (χ0v) is 11.6. The number of aromatic hydroxyl groups is 1. The van der Waals surface area contributed by atoms with Crippen molar-refractivity contribution in [2.45, 2.75) is 6.54 Å². The van der Waals surface area contributed by atoms with Crippen LogP contribution in [0.15, 0.2) is 47.8 Å². The van der Waals surface area contributed by atoms with Crippen molar-refractivity contribution >= 4 is 38.7 Å². The molecule has 1 heterocycles. The van der Waals surface area contributed by atoms with Gasteiger partial charge in [-0.3, -0.25) is 0 Å². The van der Waals surface area contributed by atoms with Gasteiger partial charge in [-0.1, -0.05) is 17.7 Å². The van der Waals surface area contributed by atoms with Crippen molar-refractivity contribution in [3.8, 4) is 5.75 Å². The van der Waals surface area contributed by atoms with Gasteiger partial charge < -0.3 is 10.4 Å². The van der Waals surface area contributed by atoms with E-state index >= 15 is 0 Å². The summed E-state index contributed by atoms with van der Waals surface area (Å²) in [6, 6.07) is 13.7. The van der Waals surface area contributed by atoms with Crippen LogP contribution in [0.25, 0.3) is 10.1 Å². The smallest absolute Gasteiger partial charge is 0.134 e. The Balaban J connectivity index is 1.75. The second-order valence-electron chi connectivity index (χ2n) is 4.31. The number of hydrogen-bond donors (Lipinski definition) is 2. The summed E-state index contributed by atoms with van der Waals surface area (Å²) >= 11 is 7.62. The van der Waals surface area contributed by atoms with Crippen LogP contribution in [0.2, 0.25) is 5.02 Å². The van der Waals surface area contributed by atoms with E-state index in [4.69, 9.17) is 11.6 Å². The van der Waals surface area contributed by atoms with Crippen molar-refractivity contribution in [1.82, 2.24) is 0 Å². The fraction of sp³-hybridized carbons (Fsp3) is 0.0667. The number of rotatable bonds is 3. The minimum atomic E-state index is 0.116. The Morgan fingerprint density at radius 1 is 1.11 bits per heavy atom. The predicted molar refractivity (Wildman–Crippen MR) is 82.3 cm³/mol. The molecule has 0 bridgehead atoms. The summed E-state index contributed by atoms with van der Waals surface area (Å²) in [6.07, 6.45) is 0. The molecule has 96 valence electrons. The van der Waals surface area contributed by atoms with E-state index in [0.717, 1.165) is 11.3 Å². The summed E-state index contributed by atoms with van der Waals surface area (Å²) in [5, 5.41) is 16.4. The van der Waals surface area contributed by atoms with Crippen LogP contribution in [0.3, 0.4) is 0 Å². The molecule has 0 atom stereocenters. The SMILES string of the molecule is Oc1ccc(CNc2ccc3sccc3c2)cc1Cl. The molecule has 2 aromatic carbocycles. The third kappa shape index (κ3) is 2.67. The van der Waals surface area contributed by atoms with E-state index in [1.54, 1.807) is 23.5 Å². The van der Waals surface area contributed by atoms with E-state index in [2.05, 4.69) is 35.0 Å². The number of benzene rings is 2. The third-order valence-electron chi connectivity index (χ3n) is 2.96. The Bertz CT molecular complexity index is 723. The molecule has 19 heavy (non-hydrogen) atoms. The lowest BCUT2D eigenvalue weighted by Gasteiger charge is -2.07. The molecule has 2 N–H and O–H groups in total. The molecular formula is C15H12ClNOS. The van der Waals surface area contributed by atoms with Gasteiger partial charge in [0.15, 0.2) is 0 Å². The lowest BCUT2D eigenvalue weighted by molar-refractivity contribution is 0.475. The molecule has 0 spiro atoms. The number of fused-ring (bicyclic) bond motifs is 1. The van der Waals surface area contributed by atoms with Crippen molar-refractivity contribution in [2.24, 2.45) is 0 Å². The second-order valence-corrected chi connectivity index (χ2v) is 5.67. The summed E-state index contributed by atoms with van der Waals surface area (Å²) in [6.45, 7) is 0.676. The van der Waals surface area contributed by atoms with E-state index in [0.29, 0.717) is 11.6 Å². The zero-order valence-electron chi connectivity index (χ0n) is 10.1. The van der Waals surface area contributed by atoms with Gasteiger partial charge >= 0.3 is 0 Å². The van der Waals surface area contributed by atoms with Crippen molar-refractivity contribution in [2.75, 3.05) is 5.32 Å². The van der Waals surface area contributed by atoms with Crippen LogP contribution in [-0.4, -0.2) is 5.11 Å². The van der Waals surface area contributed by atoms with Gasteiger partial charge in [0.05, 0.1) is 5.02 Å². The number of halogens is 1. The van der Waals surface area contributed by atoms with Crippen LogP contribution >= 0.6 is 22.9 Å². The maximum Gasteiger partial charge on any atom is 0.134 e. The Hall–Kier alpha value is -1.71. The highest BCUT2D eigenvalue weighted by Gasteiger charge is 2.01. The van der Waals surface area contributed by atoms with Crippen molar-refractivity contribution < 1.29 is 5.11 Å². The van der Waals surface area contributed by atoms with Crippen LogP contribution in [0.4, 0.5) is 5.69 Å². The van der Waals surface area contributed by atoms with Crippen molar-refractivity contribution in [3.63, 3.8) is 0 Å². The minimum Gasteiger partial charge on any atom is -0.506 e. The molecule has 0 unspecified atom stereocenters. The molecule has 3 aromatic rings. The van der Waals surface area contributed by atoms with Gasteiger partial charge in [-0.25, -0.2) is 0 Å². The maximum absolute atomic E-state index is 9.37. The summed E-state index contributed by atoms with van der Waals surface area (Å²) in [7, 11) is 0.